The molecule has 1 aromatic heterocycles. The zero-order valence-electron chi connectivity index (χ0n) is 23.9. The smallest absolute Gasteiger partial charge is 0.320 e. The van der Waals surface area contributed by atoms with Gasteiger partial charge in [0.1, 0.15) is 16.8 Å². The highest BCUT2D eigenvalue weighted by Gasteiger charge is 2.48. The molecule has 0 spiro atoms. The zero-order chi connectivity index (χ0) is 30.8. The molecule has 2 aliphatic heterocycles. The monoisotopic (exact) mass is 633 g/mol. The van der Waals surface area contributed by atoms with Crippen molar-refractivity contribution in [2.24, 2.45) is 11.8 Å². The van der Waals surface area contributed by atoms with E-state index in [0.717, 1.165) is 46.5 Å². The van der Waals surface area contributed by atoms with E-state index in [0.29, 0.717) is 17.2 Å². The van der Waals surface area contributed by atoms with Gasteiger partial charge in [0, 0.05) is 35.0 Å². The van der Waals surface area contributed by atoms with Crippen LogP contribution in [0.3, 0.4) is 0 Å². The number of aldehydes is 1. The summed E-state index contributed by atoms with van der Waals surface area (Å²) in [6, 6.07) is 5.88. The largest absolute Gasteiger partial charge is 0.353 e. The Labute approximate surface area is 261 Å². The van der Waals surface area contributed by atoms with Crippen molar-refractivity contribution < 1.29 is 23.6 Å². The molecule has 3 N–H and O–H groups in total. The molecule has 0 radical (unpaired) electrons. The number of benzene rings is 2. The molecule has 3 aromatic rings. The lowest BCUT2D eigenvalue weighted by atomic mass is 9.89. The van der Waals surface area contributed by atoms with Crippen molar-refractivity contribution >= 4 is 63.0 Å². The molecule has 0 bridgehead atoms. The van der Waals surface area contributed by atoms with E-state index in [-0.39, 0.29) is 54.6 Å². The number of hydrogen-bond donors (Lipinski definition) is 3. The molecule has 4 aliphatic rings. The summed E-state index contributed by atoms with van der Waals surface area (Å²) in [7, 11) is 0. The summed E-state index contributed by atoms with van der Waals surface area (Å²) in [6.07, 6.45) is 4.93. The Balaban J connectivity index is 1.13. The van der Waals surface area contributed by atoms with Crippen LogP contribution in [0.15, 0.2) is 24.3 Å². The van der Waals surface area contributed by atoms with Crippen molar-refractivity contribution in [3.63, 3.8) is 0 Å². The van der Waals surface area contributed by atoms with E-state index < -0.39 is 28.8 Å². The number of rotatable bonds is 6. The summed E-state index contributed by atoms with van der Waals surface area (Å²) < 4.78 is 16.7. The maximum Gasteiger partial charge on any atom is 0.320 e. The number of fused-ring (bicyclic) bond motifs is 2. The van der Waals surface area contributed by atoms with Gasteiger partial charge in [0.25, 0.3) is 5.91 Å². The first-order chi connectivity index (χ1) is 21.1. The van der Waals surface area contributed by atoms with Crippen LogP contribution >= 0.6 is 22.9 Å². The Kier molecular flexibility index (Phi) is 6.90. The lowest BCUT2D eigenvalue weighted by Gasteiger charge is -2.39. The lowest BCUT2D eigenvalue weighted by molar-refractivity contribution is -0.128. The van der Waals surface area contributed by atoms with Gasteiger partial charge in [-0.05, 0) is 69.2 Å². The van der Waals surface area contributed by atoms with E-state index in [2.05, 4.69) is 27.8 Å². The molecular weight excluding hydrogens is 605 g/mol. The van der Waals surface area contributed by atoms with Gasteiger partial charge in [-0.3, -0.25) is 9.59 Å². The summed E-state index contributed by atoms with van der Waals surface area (Å²) in [5.41, 5.74) is -0.412. The van der Waals surface area contributed by atoms with Gasteiger partial charge in [0.2, 0.25) is 5.91 Å². The van der Waals surface area contributed by atoms with Crippen LogP contribution in [0.25, 0.3) is 10.2 Å². The number of hydrogen-bond acceptors (Lipinski definition) is 6. The fourth-order valence-electron chi connectivity index (χ4n) is 6.06. The van der Waals surface area contributed by atoms with Crippen LogP contribution in [-0.4, -0.2) is 46.1 Å². The molecule has 4 amide bonds. The Morgan fingerprint density at radius 1 is 1.27 bits per heavy atom. The topological polar surface area (TPSA) is 121 Å². The highest BCUT2D eigenvalue weighted by molar-refractivity contribution is 7.18. The quantitative estimate of drug-likeness (QED) is 0.258. The number of piperidine rings is 1. The Morgan fingerprint density at radius 2 is 2.07 bits per heavy atom. The summed E-state index contributed by atoms with van der Waals surface area (Å²) in [6.45, 7) is 1.75. The molecule has 44 heavy (non-hydrogen) atoms. The van der Waals surface area contributed by atoms with Crippen molar-refractivity contribution in [3.05, 3.63) is 56.8 Å². The molecule has 2 atom stereocenters. The summed E-state index contributed by atoms with van der Waals surface area (Å²) in [5, 5.41) is 9.62. The molecule has 7 rings (SSSR count). The molecule has 2 aliphatic carbocycles. The third-order valence-electron chi connectivity index (χ3n) is 9.08. The fourth-order valence-corrected chi connectivity index (χ4v) is 7.56. The van der Waals surface area contributed by atoms with Crippen molar-refractivity contribution in [3.8, 4) is 11.8 Å². The van der Waals surface area contributed by atoms with Crippen LogP contribution < -0.4 is 16.0 Å². The van der Waals surface area contributed by atoms with E-state index in [1.165, 1.54) is 28.4 Å². The molecule has 3 fully saturated rings. The molecule has 2 saturated carbocycles. The summed E-state index contributed by atoms with van der Waals surface area (Å²) in [5.74, 6) is 5.65. The third kappa shape index (κ3) is 5.00. The Hall–Kier alpha value is -4.01. The lowest BCUT2D eigenvalue weighted by Crippen LogP contribution is -2.60. The van der Waals surface area contributed by atoms with E-state index >= 15 is 4.39 Å². The van der Waals surface area contributed by atoms with Gasteiger partial charge in [0.15, 0.2) is 5.82 Å². The number of nitrogens with one attached hydrogen (secondary N) is 3. The van der Waals surface area contributed by atoms with E-state index in [4.69, 9.17) is 16.6 Å². The average Bonchev–Trinajstić information content (AvgIpc) is 3.94. The molecule has 2 aromatic carbocycles. The normalized spacial score (nSPS) is 22.5. The SMILES string of the molecule is C[C@@](NC(=O)Nc1ccc2c(c1F)CN(C1(C=O)CCC(=O)NC1)C2=O)(c1nc2c(C#CC3CC3)cc(Cl)cc2s1)C1CC1. The second-order valence-corrected chi connectivity index (χ2v) is 13.7. The van der Waals surface area contributed by atoms with Crippen molar-refractivity contribution in [2.75, 3.05) is 11.9 Å². The van der Waals surface area contributed by atoms with Crippen molar-refractivity contribution in [1.82, 2.24) is 20.5 Å². The minimum Gasteiger partial charge on any atom is -0.353 e. The second kappa shape index (κ2) is 10.6. The van der Waals surface area contributed by atoms with Gasteiger partial charge in [-0.15, -0.1) is 11.3 Å². The van der Waals surface area contributed by atoms with Crippen LogP contribution in [0.1, 0.15) is 71.9 Å². The zero-order valence-corrected chi connectivity index (χ0v) is 25.5. The first-order valence-corrected chi connectivity index (χ1v) is 15.9. The van der Waals surface area contributed by atoms with Crippen molar-refractivity contribution in [1.29, 1.82) is 0 Å². The number of urea groups is 1. The predicted octanol–water partition coefficient (Wildman–Crippen LogP) is 5.10. The Morgan fingerprint density at radius 3 is 2.75 bits per heavy atom. The number of nitrogens with zero attached hydrogens (tertiary/aromatic N) is 2. The molecule has 3 heterocycles. The molecule has 226 valence electrons. The first-order valence-electron chi connectivity index (χ1n) is 14.7. The number of halogens is 2. The number of carbonyl (C=O) groups is 4. The van der Waals surface area contributed by atoms with E-state index in [1.54, 1.807) is 0 Å². The highest BCUT2D eigenvalue weighted by atomic mass is 35.5. The van der Waals surface area contributed by atoms with Gasteiger partial charge < -0.3 is 25.6 Å². The van der Waals surface area contributed by atoms with Gasteiger partial charge in [0.05, 0.1) is 33.6 Å². The molecule has 1 saturated heterocycles. The van der Waals surface area contributed by atoms with Crippen LogP contribution in [0.4, 0.5) is 14.9 Å². The van der Waals surface area contributed by atoms with Crippen LogP contribution in [-0.2, 0) is 21.7 Å². The Bertz CT molecular complexity index is 1810. The summed E-state index contributed by atoms with van der Waals surface area (Å²) >= 11 is 7.86. The van der Waals surface area contributed by atoms with Crippen LogP contribution in [0.5, 0.6) is 0 Å². The number of anilines is 1. The number of aromatic nitrogens is 1. The highest BCUT2D eigenvalue weighted by Crippen LogP contribution is 2.48. The molecule has 12 heteroatoms. The minimum atomic E-state index is -1.25. The van der Waals surface area contributed by atoms with E-state index in [1.807, 2.05) is 19.1 Å². The maximum absolute atomic E-state index is 15.8. The van der Waals surface area contributed by atoms with Gasteiger partial charge in [-0.1, -0.05) is 23.4 Å². The van der Waals surface area contributed by atoms with Crippen molar-refractivity contribution in [2.45, 2.75) is 63.1 Å². The van der Waals surface area contributed by atoms with Gasteiger partial charge in [-0.2, -0.15) is 0 Å². The molecular formula is C32H29ClFN5O4S. The molecule has 1 unspecified atom stereocenters. The summed E-state index contributed by atoms with van der Waals surface area (Å²) in [4.78, 5) is 56.7. The first kappa shape index (κ1) is 28.7. The average molecular weight is 634 g/mol. The fraction of sp³-hybridized carbons (Fsp3) is 0.406. The molecule has 9 nitrogen and oxygen atoms in total. The predicted molar refractivity (Wildman–Crippen MR) is 164 cm³/mol. The minimum absolute atomic E-state index is 0.0312. The maximum atomic E-state index is 15.8. The standard InChI is InChI=1S/C32H29ClFN5O4S/c1-31(19-6-7-19,29-37-27-18(5-4-17-2-3-17)12-20(33)13-24(27)44-29)38-30(43)36-23-9-8-21-22(26(23)34)14-39(28(21)42)32(16-40)11-10-25(41)35-15-32/h8-9,12-13,16-17,19H,2-3,6-7,10-11,14-15H2,1H3,(H,35,41)(H2,36,38,43)/t31-,32?/m0/s1. The van der Waals surface area contributed by atoms with E-state index in [9.17, 15) is 19.2 Å². The van der Waals surface area contributed by atoms with Gasteiger partial charge >= 0.3 is 6.03 Å². The number of carbonyl (C=O) groups excluding carboxylic acids is 4. The van der Waals surface area contributed by atoms with Crippen LogP contribution in [0.2, 0.25) is 5.02 Å². The second-order valence-electron chi connectivity index (χ2n) is 12.3. The van der Waals surface area contributed by atoms with Crippen LogP contribution in [0, 0.1) is 29.5 Å². The third-order valence-corrected chi connectivity index (χ3v) is 10.5. The van der Waals surface area contributed by atoms with Gasteiger partial charge in [-0.25, -0.2) is 14.2 Å². The number of thiazole rings is 1. The number of amides is 4.